The zero-order chi connectivity index (χ0) is 24.4. The standard InChI is InChI=1S/C23H32Cl2N6O2/c1-31(2,14-12-28-23(33)19-21(26)30-22(27)20(25)29-19)13-6-4-3-5-7-18(32)15-16-8-10-17(24)11-9-16/h8-11H,3-7,12-15H2,1-2H3,(H4-,26,27,28,30,33)/p+1. The molecule has 0 aliphatic heterocycles. The minimum Gasteiger partial charge on any atom is -0.382 e. The molecule has 1 amide bonds. The van der Waals surface area contributed by atoms with Crippen LogP contribution in [0.25, 0.3) is 0 Å². The average Bonchev–Trinajstić information content (AvgIpc) is 2.74. The molecule has 2 rings (SSSR count). The fourth-order valence-corrected chi connectivity index (χ4v) is 3.66. The molecular formula is C23H33Cl2N6O2+. The van der Waals surface area contributed by atoms with Crippen LogP contribution in [0.15, 0.2) is 24.3 Å². The molecule has 0 radical (unpaired) electrons. The van der Waals surface area contributed by atoms with Crippen LogP contribution in [0.1, 0.15) is 48.2 Å². The van der Waals surface area contributed by atoms with E-state index in [1.54, 1.807) is 0 Å². The molecule has 0 saturated carbocycles. The van der Waals surface area contributed by atoms with Crippen molar-refractivity contribution < 1.29 is 14.1 Å². The number of amides is 1. The van der Waals surface area contributed by atoms with E-state index in [0.717, 1.165) is 48.8 Å². The van der Waals surface area contributed by atoms with Gasteiger partial charge >= 0.3 is 0 Å². The number of carbonyl (C=O) groups is 2. The Morgan fingerprint density at radius 2 is 1.61 bits per heavy atom. The number of aromatic nitrogens is 2. The van der Waals surface area contributed by atoms with Gasteiger partial charge in [-0.15, -0.1) is 0 Å². The Hall–Kier alpha value is -2.42. The van der Waals surface area contributed by atoms with Gasteiger partial charge in [-0.05, 0) is 37.0 Å². The summed E-state index contributed by atoms with van der Waals surface area (Å²) in [5.74, 6) is -0.216. The van der Waals surface area contributed by atoms with E-state index in [4.69, 9.17) is 34.7 Å². The number of hydrogen-bond acceptors (Lipinski definition) is 6. The monoisotopic (exact) mass is 495 g/mol. The second kappa shape index (κ2) is 12.7. The number of benzene rings is 1. The molecule has 33 heavy (non-hydrogen) atoms. The van der Waals surface area contributed by atoms with Crippen LogP contribution in [0.2, 0.25) is 10.2 Å². The number of carbonyl (C=O) groups excluding carboxylic acids is 2. The molecule has 1 aromatic heterocycles. The van der Waals surface area contributed by atoms with Crippen LogP contribution in [0, 0.1) is 0 Å². The molecule has 1 aromatic carbocycles. The van der Waals surface area contributed by atoms with Crippen LogP contribution >= 0.6 is 23.2 Å². The summed E-state index contributed by atoms with van der Waals surface area (Å²) >= 11 is 11.7. The largest absolute Gasteiger partial charge is 0.382 e. The maximum atomic E-state index is 12.3. The molecular weight excluding hydrogens is 463 g/mol. The van der Waals surface area contributed by atoms with Gasteiger partial charge in [-0.1, -0.05) is 41.8 Å². The van der Waals surface area contributed by atoms with Gasteiger partial charge in [-0.25, -0.2) is 9.97 Å². The summed E-state index contributed by atoms with van der Waals surface area (Å²) in [7, 11) is 4.24. The van der Waals surface area contributed by atoms with Crippen molar-refractivity contribution in [1.82, 2.24) is 15.3 Å². The molecule has 0 aliphatic carbocycles. The van der Waals surface area contributed by atoms with E-state index in [-0.39, 0.29) is 28.3 Å². The number of quaternary nitrogens is 1. The second-order valence-electron chi connectivity index (χ2n) is 8.78. The van der Waals surface area contributed by atoms with Crippen molar-refractivity contribution in [2.75, 3.05) is 45.2 Å². The summed E-state index contributed by atoms with van der Waals surface area (Å²) in [6.07, 6.45) is 5.12. The van der Waals surface area contributed by atoms with Gasteiger partial charge in [-0.2, -0.15) is 0 Å². The first kappa shape index (κ1) is 26.8. The fraction of sp³-hybridized carbons (Fsp3) is 0.478. The van der Waals surface area contributed by atoms with Crippen molar-refractivity contribution in [3.63, 3.8) is 0 Å². The highest BCUT2D eigenvalue weighted by Gasteiger charge is 2.18. The number of halogens is 2. The van der Waals surface area contributed by atoms with Crippen molar-refractivity contribution in [3.05, 3.63) is 45.7 Å². The summed E-state index contributed by atoms with van der Waals surface area (Å²) in [6, 6.07) is 7.42. The predicted molar refractivity (Wildman–Crippen MR) is 133 cm³/mol. The van der Waals surface area contributed by atoms with Gasteiger partial charge in [0.1, 0.15) is 5.78 Å². The predicted octanol–water partition coefficient (Wildman–Crippen LogP) is 3.52. The van der Waals surface area contributed by atoms with Crippen LogP contribution < -0.4 is 16.8 Å². The highest BCUT2D eigenvalue weighted by molar-refractivity contribution is 6.31. The molecule has 8 nitrogen and oxygen atoms in total. The van der Waals surface area contributed by atoms with Crippen molar-refractivity contribution >= 4 is 46.5 Å². The van der Waals surface area contributed by atoms with E-state index in [1.165, 1.54) is 0 Å². The third kappa shape index (κ3) is 9.53. The third-order valence-electron chi connectivity index (χ3n) is 5.41. The minimum absolute atomic E-state index is 0.00515. The smallest absolute Gasteiger partial charge is 0.273 e. The van der Waals surface area contributed by atoms with Crippen LogP contribution in [0.3, 0.4) is 0 Å². The number of ketones is 1. The number of anilines is 2. The van der Waals surface area contributed by atoms with Crippen molar-refractivity contribution in [3.8, 4) is 0 Å². The topological polar surface area (TPSA) is 124 Å². The number of hydrogen-bond donors (Lipinski definition) is 3. The zero-order valence-corrected chi connectivity index (χ0v) is 20.8. The molecule has 0 bridgehead atoms. The number of nitrogens with one attached hydrogen (secondary N) is 1. The summed E-state index contributed by atoms with van der Waals surface area (Å²) < 4.78 is 0.763. The lowest BCUT2D eigenvalue weighted by molar-refractivity contribution is -0.889. The van der Waals surface area contributed by atoms with E-state index in [1.807, 2.05) is 24.3 Å². The maximum Gasteiger partial charge on any atom is 0.273 e. The van der Waals surface area contributed by atoms with Gasteiger partial charge < -0.3 is 21.3 Å². The normalized spacial score (nSPS) is 11.4. The molecule has 5 N–H and O–H groups in total. The zero-order valence-electron chi connectivity index (χ0n) is 19.2. The Morgan fingerprint density at radius 3 is 2.30 bits per heavy atom. The molecule has 0 fully saturated rings. The number of nitrogens with two attached hydrogens (primary N) is 2. The lowest BCUT2D eigenvalue weighted by atomic mass is 10.0. The Labute approximate surface area is 205 Å². The van der Waals surface area contributed by atoms with Gasteiger partial charge in [0, 0.05) is 17.9 Å². The molecule has 1 heterocycles. The number of nitrogen functional groups attached to an aromatic ring is 2. The van der Waals surface area contributed by atoms with Gasteiger partial charge in [-0.3, -0.25) is 9.59 Å². The van der Waals surface area contributed by atoms with Crippen LogP contribution in [-0.4, -0.2) is 59.9 Å². The fourth-order valence-electron chi connectivity index (χ4n) is 3.41. The Balaban J connectivity index is 1.60. The Morgan fingerprint density at radius 1 is 0.939 bits per heavy atom. The molecule has 180 valence electrons. The summed E-state index contributed by atoms with van der Waals surface area (Å²) in [5.41, 5.74) is 12.2. The third-order valence-corrected chi connectivity index (χ3v) is 5.94. The molecule has 0 atom stereocenters. The number of Topliss-reactive ketones (excluding diaryl/α,β-unsaturated/α-hetero) is 1. The summed E-state index contributed by atoms with van der Waals surface area (Å²) in [6.45, 7) is 2.19. The van der Waals surface area contributed by atoms with Crippen molar-refractivity contribution in [2.24, 2.45) is 0 Å². The van der Waals surface area contributed by atoms with E-state index >= 15 is 0 Å². The molecule has 0 aliphatic rings. The first-order valence-electron chi connectivity index (χ1n) is 11.0. The van der Waals surface area contributed by atoms with Crippen LogP contribution in [0.4, 0.5) is 11.6 Å². The Bertz CT molecular complexity index is 951. The van der Waals surface area contributed by atoms with Gasteiger partial charge in [0.2, 0.25) is 0 Å². The first-order valence-corrected chi connectivity index (χ1v) is 11.8. The van der Waals surface area contributed by atoms with E-state index in [0.29, 0.717) is 24.4 Å². The molecule has 0 spiro atoms. The van der Waals surface area contributed by atoms with Crippen molar-refractivity contribution in [2.45, 2.75) is 38.5 Å². The lowest BCUT2D eigenvalue weighted by Crippen LogP contribution is -2.46. The molecule has 10 heteroatoms. The molecule has 0 saturated heterocycles. The highest BCUT2D eigenvalue weighted by atomic mass is 35.5. The number of likely N-dealkylation sites (N-methyl/N-ethyl adjacent to an activating group) is 1. The summed E-state index contributed by atoms with van der Waals surface area (Å²) in [4.78, 5) is 32.2. The average molecular weight is 496 g/mol. The number of unbranched alkanes of at least 4 members (excludes halogenated alkanes) is 3. The Kier molecular flexibility index (Phi) is 10.3. The van der Waals surface area contributed by atoms with Crippen LogP contribution in [-0.2, 0) is 11.2 Å². The first-order chi connectivity index (χ1) is 15.6. The second-order valence-corrected chi connectivity index (χ2v) is 9.57. The number of nitrogens with zero attached hydrogens (tertiary/aromatic N) is 3. The van der Waals surface area contributed by atoms with Gasteiger partial charge in [0.25, 0.3) is 5.91 Å². The lowest BCUT2D eigenvalue weighted by Gasteiger charge is -2.30. The number of rotatable bonds is 13. The van der Waals surface area contributed by atoms with E-state index < -0.39 is 5.91 Å². The minimum atomic E-state index is -0.426. The summed E-state index contributed by atoms with van der Waals surface area (Å²) in [5, 5.41) is 3.44. The molecule has 2 aromatic rings. The highest BCUT2D eigenvalue weighted by Crippen LogP contribution is 2.17. The maximum absolute atomic E-state index is 12.3. The van der Waals surface area contributed by atoms with E-state index in [2.05, 4.69) is 29.4 Å². The SMILES string of the molecule is C[N+](C)(CCCCCCC(=O)Cc1ccc(Cl)cc1)CCNC(=O)c1nc(Cl)c(N)nc1N. The van der Waals surface area contributed by atoms with Gasteiger partial charge in [0.15, 0.2) is 22.5 Å². The van der Waals surface area contributed by atoms with E-state index in [9.17, 15) is 9.59 Å². The van der Waals surface area contributed by atoms with Gasteiger partial charge in [0.05, 0.1) is 33.7 Å². The van der Waals surface area contributed by atoms with Crippen molar-refractivity contribution in [1.29, 1.82) is 0 Å². The molecule has 0 unspecified atom stereocenters. The van der Waals surface area contributed by atoms with Crippen LogP contribution in [0.5, 0.6) is 0 Å². The quantitative estimate of drug-likeness (QED) is 0.288.